The molecule has 0 radical (unpaired) electrons. The van der Waals surface area contributed by atoms with Crippen molar-refractivity contribution in [2.75, 3.05) is 39.1 Å². The number of nitrogens with zero attached hydrogens (tertiary/aromatic N) is 1. The van der Waals surface area contributed by atoms with Gasteiger partial charge in [0.15, 0.2) is 6.54 Å². The Labute approximate surface area is 158 Å². The Kier molecular flexibility index (Phi) is 7.62. The third-order valence-corrected chi connectivity index (χ3v) is 4.94. The first kappa shape index (κ1) is 19.9. The first-order valence-corrected chi connectivity index (χ1v) is 9.43. The van der Waals surface area contributed by atoms with Gasteiger partial charge in [-0.3, -0.25) is 9.59 Å². The van der Waals surface area contributed by atoms with Crippen molar-refractivity contribution in [1.82, 2.24) is 4.90 Å². The molecule has 1 unspecified atom stereocenters. The van der Waals surface area contributed by atoms with Crippen LogP contribution in [0.15, 0.2) is 41.8 Å². The number of benzene rings is 1. The summed E-state index contributed by atoms with van der Waals surface area (Å²) in [6.45, 7) is 4.13. The van der Waals surface area contributed by atoms with Crippen LogP contribution in [0.3, 0.4) is 0 Å². The van der Waals surface area contributed by atoms with Crippen LogP contribution in [0.2, 0.25) is 0 Å². The second-order valence-corrected chi connectivity index (χ2v) is 7.10. The quantitative estimate of drug-likeness (QED) is 0.693. The molecule has 0 spiro atoms. The van der Waals surface area contributed by atoms with Gasteiger partial charge in [-0.2, -0.15) is 0 Å². The Bertz CT molecular complexity index is 719. The number of hydrogen-bond acceptors (Lipinski definition) is 4. The maximum absolute atomic E-state index is 12.4. The van der Waals surface area contributed by atoms with Crippen LogP contribution < -0.4 is 15.0 Å². The van der Waals surface area contributed by atoms with Crippen molar-refractivity contribution >= 4 is 28.8 Å². The minimum atomic E-state index is -0.231. The lowest BCUT2D eigenvalue weighted by molar-refractivity contribution is -0.904. The van der Waals surface area contributed by atoms with Crippen molar-refractivity contribution in [2.45, 2.75) is 13.5 Å². The Morgan fingerprint density at radius 3 is 2.73 bits per heavy atom. The van der Waals surface area contributed by atoms with E-state index in [1.54, 1.807) is 49.8 Å². The van der Waals surface area contributed by atoms with Crippen LogP contribution in [0, 0.1) is 0 Å². The highest BCUT2D eigenvalue weighted by molar-refractivity contribution is 7.09. The molecular formula is C19H26N3O3S+. The van der Waals surface area contributed by atoms with E-state index in [0.717, 1.165) is 13.1 Å². The maximum Gasteiger partial charge on any atom is 0.277 e. The lowest BCUT2D eigenvalue weighted by Crippen LogP contribution is -3.11. The van der Waals surface area contributed by atoms with E-state index in [2.05, 4.69) is 18.3 Å². The molecule has 0 aliphatic carbocycles. The van der Waals surface area contributed by atoms with Gasteiger partial charge in [-0.15, -0.1) is 11.3 Å². The van der Waals surface area contributed by atoms with E-state index in [9.17, 15) is 9.59 Å². The molecular weight excluding hydrogens is 350 g/mol. The lowest BCUT2D eigenvalue weighted by atomic mass is 10.3. The highest BCUT2D eigenvalue weighted by atomic mass is 32.1. The van der Waals surface area contributed by atoms with E-state index >= 15 is 0 Å². The van der Waals surface area contributed by atoms with Gasteiger partial charge in [0.05, 0.1) is 25.1 Å². The fourth-order valence-corrected chi connectivity index (χ4v) is 3.30. The number of likely N-dealkylation sites (N-methyl/N-ethyl adjacent to an activating group) is 2. The van der Waals surface area contributed by atoms with E-state index in [1.807, 2.05) is 11.4 Å². The number of carbonyl (C=O) groups is 2. The minimum absolute atomic E-state index is 0.0199. The number of quaternary nitrogens is 1. The first-order valence-electron chi connectivity index (χ1n) is 8.55. The highest BCUT2D eigenvalue weighted by Crippen LogP contribution is 2.16. The van der Waals surface area contributed by atoms with Gasteiger partial charge in [-0.1, -0.05) is 12.1 Å². The zero-order valence-corrected chi connectivity index (χ0v) is 16.3. The average molecular weight is 377 g/mol. The molecule has 1 atom stereocenters. The van der Waals surface area contributed by atoms with Gasteiger partial charge < -0.3 is 19.9 Å². The molecule has 0 fully saturated rings. The molecule has 0 saturated heterocycles. The molecule has 2 amide bonds. The lowest BCUT2D eigenvalue weighted by Gasteiger charge is -2.21. The van der Waals surface area contributed by atoms with Crippen molar-refractivity contribution in [3.8, 4) is 5.75 Å². The highest BCUT2D eigenvalue weighted by Gasteiger charge is 2.19. The number of methoxy groups -OCH3 is 1. The van der Waals surface area contributed by atoms with Gasteiger partial charge in [-0.05, 0) is 30.5 Å². The molecule has 2 aromatic rings. The van der Waals surface area contributed by atoms with E-state index < -0.39 is 0 Å². The molecule has 0 bridgehead atoms. The third-order valence-electron chi connectivity index (χ3n) is 4.07. The minimum Gasteiger partial charge on any atom is -0.497 e. The summed E-state index contributed by atoms with van der Waals surface area (Å²) >= 11 is 1.70. The molecule has 1 aromatic heterocycles. The SMILES string of the molecule is CC[NH+](CC(=O)N(C)CC(=O)Nc1cccc(OC)c1)Cc1cccs1. The van der Waals surface area contributed by atoms with Gasteiger partial charge in [-0.25, -0.2) is 0 Å². The van der Waals surface area contributed by atoms with Crippen LogP contribution in [0.25, 0.3) is 0 Å². The number of nitrogens with one attached hydrogen (secondary N) is 2. The van der Waals surface area contributed by atoms with E-state index in [0.29, 0.717) is 18.0 Å². The van der Waals surface area contributed by atoms with Gasteiger partial charge >= 0.3 is 0 Å². The number of rotatable bonds is 9. The summed E-state index contributed by atoms with van der Waals surface area (Å²) in [5.74, 6) is 0.396. The molecule has 0 saturated carbocycles. The zero-order chi connectivity index (χ0) is 18.9. The molecule has 2 N–H and O–H groups in total. The van der Waals surface area contributed by atoms with Crippen LogP contribution >= 0.6 is 11.3 Å². The van der Waals surface area contributed by atoms with Gasteiger partial charge in [0.25, 0.3) is 5.91 Å². The Hall–Kier alpha value is -2.38. The summed E-state index contributed by atoms with van der Waals surface area (Å²) in [7, 11) is 3.23. The smallest absolute Gasteiger partial charge is 0.277 e. The topological polar surface area (TPSA) is 63.1 Å². The van der Waals surface area contributed by atoms with Crippen molar-refractivity contribution < 1.29 is 19.2 Å². The monoisotopic (exact) mass is 376 g/mol. The van der Waals surface area contributed by atoms with E-state index in [4.69, 9.17) is 4.74 Å². The van der Waals surface area contributed by atoms with Gasteiger partial charge in [0.1, 0.15) is 12.3 Å². The number of amides is 2. The second kappa shape index (κ2) is 9.94. The molecule has 1 heterocycles. The molecule has 1 aromatic carbocycles. The Balaban J connectivity index is 1.83. The van der Waals surface area contributed by atoms with Crippen LogP contribution in [-0.4, -0.2) is 50.5 Å². The number of thiophene rings is 1. The van der Waals surface area contributed by atoms with Crippen LogP contribution in [0.5, 0.6) is 5.75 Å². The molecule has 0 aliphatic rings. The fraction of sp³-hybridized carbons (Fsp3) is 0.368. The summed E-state index contributed by atoms with van der Waals surface area (Å²) in [6, 6.07) is 11.2. The predicted molar refractivity (Wildman–Crippen MR) is 104 cm³/mol. The Morgan fingerprint density at radius 2 is 2.08 bits per heavy atom. The molecule has 26 heavy (non-hydrogen) atoms. The summed E-state index contributed by atoms with van der Waals surface area (Å²) < 4.78 is 5.14. The number of carbonyl (C=O) groups excluding carboxylic acids is 2. The predicted octanol–water partition coefficient (Wildman–Crippen LogP) is 1.26. The van der Waals surface area contributed by atoms with E-state index in [1.165, 1.54) is 14.7 Å². The second-order valence-electron chi connectivity index (χ2n) is 6.07. The van der Waals surface area contributed by atoms with Crippen molar-refractivity contribution in [1.29, 1.82) is 0 Å². The van der Waals surface area contributed by atoms with Crippen LogP contribution in [-0.2, 0) is 16.1 Å². The van der Waals surface area contributed by atoms with E-state index in [-0.39, 0.29) is 18.4 Å². The molecule has 140 valence electrons. The zero-order valence-electron chi connectivity index (χ0n) is 15.5. The van der Waals surface area contributed by atoms with Crippen molar-refractivity contribution in [2.24, 2.45) is 0 Å². The number of anilines is 1. The van der Waals surface area contributed by atoms with Crippen LogP contribution in [0.4, 0.5) is 5.69 Å². The number of hydrogen-bond donors (Lipinski definition) is 2. The average Bonchev–Trinajstić information content (AvgIpc) is 3.14. The molecule has 6 nitrogen and oxygen atoms in total. The summed E-state index contributed by atoms with van der Waals surface area (Å²) in [4.78, 5) is 28.5. The maximum atomic E-state index is 12.4. The largest absolute Gasteiger partial charge is 0.497 e. The third kappa shape index (κ3) is 6.16. The van der Waals surface area contributed by atoms with Crippen molar-refractivity contribution in [3.05, 3.63) is 46.7 Å². The Morgan fingerprint density at radius 1 is 1.27 bits per heavy atom. The first-order chi connectivity index (χ1) is 12.5. The van der Waals surface area contributed by atoms with Crippen molar-refractivity contribution in [3.63, 3.8) is 0 Å². The normalized spacial score (nSPS) is 11.7. The standard InChI is InChI=1S/C19H25N3O3S/c1-4-22(12-17-9-6-10-26-17)14-19(24)21(2)13-18(23)20-15-7-5-8-16(11-15)25-3/h5-11H,4,12-14H2,1-3H3,(H,20,23)/p+1. The molecule has 7 heteroatoms. The molecule has 2 rings (SSSR count). The number of ether oxygens (including phenoxy) is 1. The van der Waals surface area contributed by atoms with Crippen LogP contribution in [0.1, 0.15) is 11.8 Å². The van der Waals surface area contributed by atoms with Gasteiger partial charge in [0, 0.05) is 18.8 Å². The van der Waals surface area contributed by atoms with Gasteiger partial charge in [0.2, 0.25) is 5.91 Å². The fourth-order valence-electron chi connectivity index (χ4n) is 2.53. The summed E-state index contributed by atoms with van der Waals surface area (Å²) in [5, 5.41) is 4.83. The summed E-state index contributed by atoms with van der Waals surface area (Å²) in [5.41, 5.74) is 0.647. The molecule has 0 aliphatic heterocycles. The summed E-state index contributed by atoms with van der Waals surface area (Å²) in [6.07, 6.45) is 0.